The third-order valence-corrected chi connectivity index (χ3v) is 2.90. The van der Waals surface area contributed by atoms with Gasteiger partial charge in [0.1, 0.15) is 0 Å². The third-order valence-electron chi connectivity index (χ3n) is 2.90. The summed E-state index contributed by atoms with van der Waals surface area (Å²) in [5, 5.41) is 6.30. The van der Waals surface area contributed by atoms with Crippen LogP contribution in [0.2, 0.25) is 0 Å². The molecule has 3 atom stereocenters. The summed E-state index contributed by atoms with van der Waals surface area (Å²) in [6.45, 7) is 5.63. The molecule has 0 saturated carbocycles. The van der Waals surface area contributed by atoms with Crippen molar-refractivity contribution in [1.29, 1.82) is 0 Å². The Labute approximate surface area is 91.8 Å². The number of hydrogen-bond donors (Lipinski definition) is 2. The van der Waals surface area contributed by atoms with Gasteiger partial charge in [-0.2, -0.15) is 0 Å². The van der Waals surface area contributed by atoms with E-state index >= 15 is 0 Å². The predicted octanol–water partition coefficient (Wildman–Crippen LogP) is 0.526. The van der Waals surface area contributed by atoms with Gasteiger partial charge in [-0.3, -0.25) is 4.79 Å². The van der Waals surface area contributed by atoms with Crippen LogP contribution in [-0.2, 0) is 9.53 Å². The molecule has 0 aromatic carbocycles. The van der Waals surface area contributed by atoms with E-state index in [0.29, 0.717) is 6.61 Å². The SMILES string of the molecule is COC[C@@H](C)NC(=O)[C@@H]1CCCN[C@@H]1C. The van der Waals surface area contributed by atoms with Crippen molar-refractivity contribution in [1.82, 2.24) is 10.6 Å². The van der Waals surface area contributed by atoms with Crippen molar-refractivity contribution in [2.75, 3.05) is 20.3 Å². The zero-order valence-electron chi connectivity index (χ0n) is 9.88. The fourth-order valence-electron chi connectivity index (χ4n) is 2.04. The van der Waals surface area contributed by atoms with Gasteiger partial charge in [-0.15, -0.1) is 0 Å². The average Bonchev–Trinajstić information content (AvgIpc) is 2.18. The normalized spacial score (nSPS) is 28.5. The molecule has 0 unspecified atom stereocenters. The second kappa shape index (κ2) is 6.08. The zero-order valence-corrected chi connectivity index (χ0v) is 9.88. The largest absolute Gasteiger partial charge is 0.383 e. The molecule has 4 heteroatoms. The van der Waals surface area contributed by atoms with E-state index in [9.17, 15) is 4.79 Å². The fraction of sp³-hybridized carbons (Fsp3) is 0.909. The van der Waals surface area contributed by atoms with Gasteiger partial charge in [0.2, 0.25) is 5.91 Å². The maximum Gasteiger partial charge on any atom is 0.224 e. The summed E-state index contributed by atoms with van der Waals surface area (Å²) < 4.78 is 4.99. The third kappa shape index (κ3) is 3.80. The van der Waals surface area contributed by atoms with Gasteiger partial charge in [0.05, 0.1) is 12.5 Å². The molecule has 1 saturated heterocycles. The van der Waals surface area contributed by atoms with Crippen molar-refractivity contribution in [3.05, 3.63) is 0 Å². The molecule has 1 aliphatic rings. The van der Waals surface area contributed by atoms with Crippen molar-refractivity contribution in [3.8, 4) is 0 Å². The standard InChI is InChI=1S/C11H22N2O2/c1-8(7-15-3)13-11(14)10-5-4-6-12-9(10)2/h8-10,12H,4-7H2,1-3H3,(H,13,14)/t8-,9-,10-/m1/s1. The summed E-state index contributed by atoms with van der Waals surface area (Å²) in [4.78, 5) is 11.9. The molecule has 0 radical (unpaired) electrons. The smallest absolute Gasteiger partial charge is 0.224 e. The van der Waals surface area contributed by atoms with Gasteiger partial charge < -0.3 is 15.4 Å². The highest BCUT2D eigenvalue weighted by Gasteiger charge is 2.27. The Morgan fingerprint density at radius 2 is 2.40 bits per heavy atom. The minimum atomic E-state index is 0.0941. The first-order chi connectivity index (χ1) is 7.15. The predicted molar refractivity (Wildman–Crippen MR) is 59.7 cm³/mol. The van der Waals surface area contributed by atoms with E-state index < -0.39 is 0 Å². The van der Waals surface area contributed by atoms with Gasteiger partial charge in [0.25, 0.3) is 0 Å². The lowest BCUT2D eigenvalue weighted by molar-refractivity contribution is -0.127. The minimum absolute atomic E-state index is 0.0941. The quantitative estimate of drug-likeness (QED) is 0.717. The van der Waals surface area contributed by atoms with E-state index in [0.717, 1.165) is 19.4 Å². The lowest BCUT2D eigenvalue weighted by atomic mass is 9.91. The molecule has 1 heterocycles. The van der Waals surface area contributed by atoms with Crippen molar-refractivity contribution < 1.29 is 9.53 Å². The average molecular weight is 214 g/mol. The number of piperidine rings is 1. The minimum Gasteiger partial charge on any atom is -0.383 e. The van der Waals surface area contributed by atoms with E-state index in [1.165, 1.54) is 0 Å². The van der Waals surface area contributed by atoms with Crippen LogP contribution in [0.5, 0.6) is 0 Å². The summed E-state index contributed by atoms with van der Waals surface area (Å²) in [5.74, 6) is 0.261. The van der Waals surface area contributed by atoms with Crippen molar-refractivity contribution in [2.45, 2.75) is 38.8 Å². The molecule has 1 aliphatic heterocycles. The first-order valence-electron chi connectivity index (χ1n) is 5.68. The first-order valence-corrected chi connectivity index (χ1v) is 5.68. The Kier molecular flexibility index (Phi) is 5.05. The topological polar surface area (TPSA) is 50.4 Å². The Balaban J connectivity index is 2.37. The summed E-state index contributed by atoms with van der Waals surface area (Å²) in [5.41, 5.74) is 0. The van der Waals surface area contributed by atoms with E-state index in [1.807, 2.05) is 6.92 Å². The molecule has 15 heavy (non-hydrogen) atoms. The highest BCUT2D eigenvalue weighted by atomic mass is 16.5. The summed E-state index contributed by atoms with van der Waals surface area (Å²) in [7, 11) is 1.65. The summed E-state index contributed by atoms with van der Waals surface area (Å²) in [6, 6.07) is 0.380. The van der Waals surface area contributed by atoms with Gasteiger partial charge in [0.15, 0.2) is 0 Å². The van der Waals surface area contributed by atoms with Crippen molar-refractivity contribution in [2.24, 2.45) is 5.92 Å². The van der Waals surface area contributed by atoms with Crippen LogP contribution in [0, 0.1) is 5.92 Å². The first kappa shape index (κ1) is 12.5. The van der Waals surface area contributed by atoms with Crippen LogP contribution in [0.1, 0.15) is 26.7 Å². The van der Waals surface area contributed by atoms with E-state index in [4.69, 9.17) is 4.74 Å². The molecular weight excluding hydrogens is 192 g/mol. The van der Waals surface area contributed by atoms with Gasteiger partial charge in [0, 0.05) is 19.2 Å². The lowest BCUT2D eigenvalue weighted by Crippen LogP contribution is -2.49. The molecule has 1 amide bonds. The summed E-state index contributed by atoms with van der Waals surface area (Å²) in [6.07, 6.45) is 2.07. The van der Waals surface area contributed by atoms with Gasteiger partial charge in [-0.1, -0.05) is 0 Å². The maximum absolute atomic E-state index is 11.9. The number of rotatable bonds is 4. The maximum atomic E-state index is 11.9. The van der Waals surface area contributed by atoms with Crippen LogP contribution in [-0.4, -0.2) is 38.3 Å². The molecule has 0 aliphatic carbocycles. The molecule has 88 valence electrons. The number of hydrogen-bond acceptors (Lipinski definition) is 3. The number of amides is 1. The van der Waals surface area contributed by atoms with Crippen molar-refractivity contribution >= 4 is 5.91 Å². The van der Waals surface area contributed by atoms with E-state index in [1.54, 1.807) is 7.11 Å². The number of ether oxygens (including phenoxy) is 1. The Morgan fingerprint density at radius 1 is 1.67 bits per heavy atom. The number of carbonyl (C=O) groups is 1. The highest BCUT2D eigenvalue weighted by Crippen LogP contribution is 2.16. The molecule has 1 fully saturated rings. The second-order valence-corrected chi connectivity index (χ2v) is 4.36. The van der Waals surface area contributed by atoms with Crippen LogP contribution in [0.3, 0.4) is 0 Å². The van der Waals surface area contributed by atoms with Crippen LogP contribution < -0.4 is 10.6 Å². The molecule has 1 rings (SSSR count). The lowest BCUT2D eigenvalue weighted by Gasteiger charge is -2.29. The monoisotopic (exact) mass is 214 g/mol. The van der Waals surface area contributed by atoms with E-state index in [2.05, 4.69) is 17.6 Å². The van der Waals surface area contributed by atoms with Gasteiger partial charge in [-0.25, -0.2) is 0 Å². The molecule has 0 aromatic rings. The summed E-state index contributed by atoms with van der Waals surface area (Å²) >= 11 is 0. The number of carbonyl (C=O) groups excluding carboxylic acids is 1. The van der Waals surface area contributed by atoms with Crippen LogP contribution in [0.4, 0.5) is 0 Å². The molecule has 0 bridgehead atoms. The number of nitrogens with one attached hydrogen (secondary N) is 2. The molecule has 4 nitrogen and oxygen atoms in total. The zero-order chi connectivity index (χ0) is 11.3. The van der Waals surface area contributed by atoms with Crippen molar-refractivity contribution in [3.63, 3.8) is 0 Å². The Morgan fingerprint density at radius 3 is 3.00 bits per heavy atom. The van der Waals surface area contributed by atoms with Gasteiger partial charge in [-0.05, 0) is 33.2 Å². The van der Waals surface area contributed by atoms with Crippen LogP contribution >= 0.6 is 0 Å². The molecule has 2 N–H and O–H groups in total. The fourth-order valence-corrected chi connectivity index (χ4v) is 2.04. The molecular formula is C11H22N2O2. The highest BCUT2D eigenvalue weighted by molar-refractivity contribution is 5.79. The molecule has 0 spiro atoms. The number of methoxy groups -OCH3 is 1. The van der Waals surface area contributed by atoms with E-state index in [-0.39, 0.29) is 23.9 Å². The van der Waals surface area contributed by atoms with Crippen LogP contribution in [0.15, 0.2) is 0 Å². The van der Waals surface area contributed by atoms with Gasteiger partial charge >= 0.3 is 0 Å². The second-order valence-electron chi connectivity index (χ2n) is 4.36. The Bertz CT molecular complexity index is 209. The van der Waals surface area contributed by atoms with Crippen LogP contribution in [0.25, 0.3) is 0 Å². The molecule has 0 aromatic heterocycles. The Hall–Kier alpha value is -0.610.